The van der Waals surface area contributed by atoms with E-state index in [-0.39, 0.29) is 24.2 Å². The van der Waals surface area contributed by atoms with Crippen molar-refractivity contribution in [3.63, 3.8) is 0 Å². The molecule has 3 aliphatic rings. The van der Waals surface area contributed by atoms with Crippen LogP contribution in [0.15, 0.2) is 53.5 Å². The maximum absolute atomic E-state index is 12.0. The average Bonchev–Trinajstić information content (AvgIpc) is 3.26. The highest BCUT2D eigenvalue weighted by molar-refractivity contribution is 5.95. The molecule has 0 spiro atoms. The van der Waals surface area contributed by atoms with Crippen molar-refractivity contribution in [1.29, 1.82) is 0 Å². The van der Waals surface area contributed by atoms with Crippen LogP contribution in [-0.2, 0) is 14.3 Å². The van der Waals surface area contributed by atoms with Crippen LogP contribution in [-0.4, -0.2) is 54.5 Å². The van der Waals surface area contributed by atoms with Crippen LogP contribution >= 0.6 is 0 Å². The number of aryl methyl sites for hydroxylation is 2. The molecule has 31 heavy (non-hydrogen) atoms. The molecule has 3 aliphatic heterocycles. The van der Waals surface area contributed by atoms with Crippen LogP contribution < -0.4 is 9.47 Å². The molecule has 2 fully saturated rings. The largest absolute Gasteiger partial charge is 0.491 e. The first-order valence-corrected chi connectivity index (χ1v) is 10.6. The van der Waals surface area contributed by atoms with Crippen LogP contribution in [0.3, 0.4) is 0 Å². The number of amides is 1. The first kappa shape index (κ1) is 19.9. The van der Waals surface area contributed by atoms with E-state index in [2.05, 4.69) is 4.99 Å². The summed E-state index contributed by atoms with van der Waals surface area (Å²) < 4.78 is 24.8. The molecule has 1 unspecified atom stereocenters. The quantitative estimate of drug-likeness (QED) is 0.738. The number of rotatable bonds is 5. The topological polar surface area (TPSA) is 69.6 Å². The summed E-state index contributed by atoms with van der Waals surface area (Å²) in [6.07, 6.45) is -1.51. The SMILES string of the molecule is Cc1ccc(OC[C@H]2O[C@@H]3[C@@H](OC4=NC(=O)C(C)CN43)[C@@H]2Oc2ccc(C)cc2)cc1. The highest BCUT2D eigenvalue weighted by atomic mass is 16.7. The van der Waals surface area contributed by atoms with Crippen molar-refractivity contribution in [2.75, 3.05) is 13.2 Å². The van der Waals surface area contributed by atoms with Crippen molar-refractivity contribution in [2.24, 2.45) is 10.9 Å². The second-order valence-electron chi connectivity index (χ2n) is 8.45. The molecule has 5 rings (SSSR count). The van der Waals surface area contributed by atoms with Gasteiger partial charge in [0.2, 0.25) is 0 Å². The minimum Gasteiger partial charge on any atom is -0.491 e. The highest BCUT2D eigenvalue weighted by Gasteiger charge is 2.57. The van der Waals surface area contributed by atoms with Gasteiger partial charge in [0.25, 0.3) is 11.9 Å². The molecule has 162 valence electrons. The van der Waals surface area contributed by atoms with E-state index in [4.69, 9.17) is 18.9 Å². The normalized spacial score (nSPS) is 29.1. The molecule has 0 aromatic heterocycles. The van der Waals surface area contributed by atoms with Gasteiger partial charge < -0.3 is 18.9 Å². The lowest BCUT2D eigenvalue weighted by molar-refractivity contribution is -0.123. The van der Waals surface area contributed by atoms with Crippen molar-refractivity contribution in [2.45, 2.75) is 45.3 Å². The monoisotopic (exact) mass is 422 g/mol. The lowest BCUT2D eigenvalue weighted by Gasteiger charge is -2.28. The molecule has 0 aliphatic carbocycles. The number of aliphatic imine (C=N–C) groups is 1. The first-order chi connectivity index (χ1) is 15.0. The van der Waals surface area contributed by atoms with E-state index < -0.39 is 12.2 Å². The lowest BCUT2D eigenvalue weighted by atomic mass is 10.1. The molecule has 2 aromatic rings. The Bertz CT molecular complexity index is 988. The molecule has 7 nitrogen and oxygen atoms in total. The number of nitrogens with zero attached hydrogens (tertiary/aromatic N) is 2. The molecule has 0 N–H and O–H groups in total. The van der Waals surface area contributed by atoms with E-state index in [1.54, 1.807) is 0 Å². The Morgan fingerprint density at radius 1 is 1.03 bits per heavy atom. The van der Waals surface area contributed by atoms with Gasteiger partial charge in [-0.15, -0.1) is 0 Å². The minimum absolute atomic E-state index is 0.165. The lowest BCUT2D eigenvalue weighted by Crippen LogP contribution is -2.44. The van der Waals surface area contributed by atoms with E-state index in [0.717, 1.165) is 17.1 Å². The van der Waals surface area contributed by atoms with Gasteiger partial charge in [0.15, 0.2) is 18.4 Å². The summed E-state index contributed by atoms with van der Waals surface area (Å²) in [6.45, 7) is 6.78. The van der Waals surface area contributed by atoms with Crippen LogP contribution in [0.4, 0.5) is 0 Å². The zero-order valence-electron chi connectivity index (χ0n) is 17.9. The number of amidine groups is 1. The Morgan fingerprint density at radius 3 is 2.35 bits per heavy atom. The van der Waals surface area contributed by atoms with Crippen molar-refractivity contribution < 1.29 is 23.7 Å². The standard InChI is InChI=1S/C24H26N2O5/c1-14-4-8-17(9-5-14)28-13-19-20(29-18-10-6-15(2)7-11-18)21-23(30-19)26-12-16(3)22(27)25-24(26)31-21/h4-11,16,19-21,23H,12-13H2,1-3H3/t16?,19-,20-,21+,23-/m1/s1. The zero-order chi connectivity index (χ0) is 21.5. The van der Waals surface area contributed by atoms with Crippen molar-refractivity contribution in [3.8, 4) is 11.5 Å². The molecule has 3 heterocycles. The van der Waals surface area contributed by atoms with E-state index in [1.165, 1.54) is 5.56 Å². The number of hydrogen-bond acceptors (Lipinski definition) is 6. The zero-order valence-corrected chi connectivity index (χ0v) is 17.9. The van der Waals surface area contributed by atoms with Gasteiger partial charge in [-0.25, -0.2) is 0 Å². The fraction of sp³-hybridized carbons (Fsp3) is 0.417. The first-order valence-electron chi connectivity index (χ1n) is 10.6. The van der Waals surface area contributed by atoms with Gasteiger partial charge in [0.05, 0.1) is 5.92 Å². The maximum Gasteiger partial charge on any atom is 0.298 e. The molecule has 0 bridgehead atoms. The number of carbonyl (C=O) groups is 1. The van der Waals surface area contributed by atoms with Gasteiger partial charge >= 0.3 is 0 Å². The van der Waals surface area contributed by atoms with Gasteiger partial charge in [-0.05, 0) is 38.1 Å². The second kappa shape index (κ2) is 7.89. The third kappa shape index (κ3) is 3.85. The van der Waals surface area contributed by atoms with Crippen LogP contribution in [0.5, 0.6) is 11.5 Å². The molecule has 5 atom stereocenters. The maximum atomic E-state index is 12.0. The molecule has 2 saturated heterocycles. The molecular formula is C24H26N2O5. The minimum atomic E-state index is -0.406. The van der Waals surface area contributed by atoms with Gasteiger partial charge in [-0.2, -0.15) is 4.99 Å². The second-order valence-corrected chi connectivity index (χ2v) is 8.45. The van der Waals surface area contributed by atoms with Crippen molar-refractivity contribution in [3.05, 3.63) is 59.7 Å². The van der Waals surface area contributed by atoms with Gasteiger partial charge in [-0.3, -0.25) is 9.69 Å². The predicted octanol–water partition coefficient (Wildman–Crippen LogP) is 3.09. The molecule has 0 saturated carbocycles. The Morgan fingerprint density at radius 2 is 1.68 bits per heavy atom. The Hall–Kier alpha value is -3.06. The number of benzene rings is 2. The van der Waals surface area contributed by atoms with Crippen molar-refractivity contribution >= 4 is 11.9 Å². The van der Waals surface area contributed by atoms with Crippen LogP contribution in [0.25, 0.3) is 0 Å². The number of ether oxygens (including phenoxy) is 4. The molecule has 2 aromatic carbocycles. The summed E-state index contributed by atoms with van der Waals surface area (Å²) in [5, 5.41) is 0. The van der Waals surface area contributed by atoms with Crippen LogP contribution in [0, 0.1) is 19.8 Å². The number of hydrogen-bond donors (Lipinski definition) is 0. The third-order valence-electron chi connectivity index (χ3n) is 5.91. The summed E-state index contributed by atoms with van der Waals surface area (Å²) in [7, 11) is 0. The van der Waals surface area contributed by atoms with E-state index >= 15 is 0 Å². The van der Waals surface area contributed by atoms with E-state index in [9.17, 15) is 4.79 Å². The number of fused-ring (bicyclic) bond motifs is 3. The summed E-state index contributed by atoms with van der Waals surface area (Å²) in [5.41, 5.74) is 2.33. The Balaban J connectivity index is 1.37. The van der Waals surface area contributed by atoms with Gasteiger partial charge in [-0.1, -0.05) is 42.3 Å². The molecular weight excluding hydrogens is 396 g/mol. The van der Waals surface area contributed by atoms with Crippen LogP contribution in [0.1, 0.15) is 18.1 Å². The molecule has 1 amide bonds. The third-order valence-corrected chi connectivity index (χ3v) is 5.91. The van der Waals surface area contributed by atoms with E-state index in [0.29, 0.717) is 19.2 Å². The van der Waals surface area contributed by atoms with E-state index in [1.807, 2.05) is 74.2 Å². The fourth-order valence-electron chi connectivity index (χ4n) is 4.10. The summed E-state index contributed by atoms with van der Waals surface area (Å²) in [6, 6.07) is 16.1. The smallest absolute Gasteiger partial charge is 0.298 e. The van der Waals surface area contributed by atoms with Crippen molar-refractivity contribution in [1.82, 2.24) is 4.90 Å². The summed E-state index contributed by atoms with van der Waals surface area (Å²) >= 11 is 0. The Kier molecular flexibility index (Phi) is 5.06. The number of carbonyl (C=O) groups excluding carboxylic acids is 1. The predicted molar refractivity (Wildman–Crippen MR) is 114 cm³/mol. The van der Waals surface area contributed by atoms with Crippen LogP contribution in [0.2, 0.25) is 0 Å². The van der Waals surface area contributed by atoms with Gasteiger partial charge in [0, 0.05) is 6.54 Å². The summed E-state index contributed by atoms with van der Waals surface area (Å²) in [5.74, 6) is 1.15. The summed E-state index contributed by atoms with van der Waals surface area (Å²) in [4.78, 5) is 18.0. The fourth-order valence-corrected chi connectivity index (χ4v) is 4.10. The Labute approximate surface area is 181 Å². The molecule has 0 radical (unpaired) electrons. The highest BCUT2D eigenvalue weighted by Crippen LogP contribution is 2.37. The molecule has 7 heteroatoms. The van der Waals surface area contributed by atoms with Gasteiger partial charge in [0.1, 0.15) is 24.2 Å². The average molecular weight is 422 g/mol.